The van der Waals surface area contributed by atoms with Crippen molar-refractivity contribution in [2.75, 3.05) is 5.75 Å². The lowest BCUT2D eigenvalue weighted by Gasteiger charge is -2.23. The van der Waals surface area contributed by atoms with Gasteiger partial charge in [0.1, 0.15) is 0 Å². The SMILES string of the molecule is CCSc1nc2ncc3c(n2n1)CC(c1ccc(C)cc1)CC3=O. The van der Waals surface area contributed by atoms with Crippen LogP contribution in [0.1, 0.15) is 46.4 Å². The van der Waals surface area contributed by atoms with E-state index in [9.17, 15) is 4.79 Å². The molecule has 4 rings (SSSR count). The Bertz CT molecular complexity index is 917. The Morgan fingerprint density at radius 1 is 1.25 bits per heavy atom. The van der Waals surface area contributed by atoms with E-state index in [4.69, 9.17) is 0 Å². The number of carbonyl (C=O) groups excluding carboxylic acids is 1. The van der Waals surface area contributed by atoms with Crippen molar-refractivity contribution in [1.82, 2.24) is 19.6 Å². The molecule has 0 aliphatic heterocycles. The molecule has 3 aromatic rings. The summed E-state index contributed by atoms with van der Waals surface area (Å²) in [5.74, 6) is 1.80. The van der Waals surface area contributed by atoms with E-state index in [1.165, 1.54) is 11.1 Å². The lowest BCUT2D eigenvalue weighted by atomic mass is 9.82. The molecule has 5 nitrogen and oxygen atoms in total. The summed E-state index contributed by atoms with van der Waals surface area (Å²) < 4.78 is 1.76. The van der Waals surface area contributed by atoms with Gasteiger partial charge in [-0.05, 0) is 30.6 Å². The molecule has 0 saturated heterocycles. The van der Waals surface area contributed by atoms with Gasteiger partial charge in [0, 0.05) is 12.6 Å². The fraction of sp³-hybridized carbons (Fsp3) is 0.333. The predicted molar refractivity (Wildman–Crippen MR) is 93.8 cm³/mol. The molecule has 0 saturated carbocycles. The van der Waals surface area contributed by atoms with Gasteiger partial charge in [-0.3, -0.25) is 4.79 Å². The molecule has 24 heavy (non-hydrogen) atoms. The normalized spacial score (nSPS) is 17.2. The maximum atomic E-state index is 12.6. The number of carbonyl (C=O) groups is 1. The maximum absolute atomic E-state index is 12.6. The number of aryl methyl sites for hydroxylation is 1. The summed E-state index contributed by atoms with van der Waals surface area (Å²) in [6.07, 6.45) is 2.96. The van der Waals surface area contributed by atoms with Gasteiger partial charge in [0.25, 0.3) is 5.78 Å². The van der Waals surface area contributed by atoms with E-state index in [2.05, 4.69) is 53.2 Å². The summed E-state index contributed by atoms with van der Waals surface area (Å²) >= 11 is 1.58. The number of fused-ring (bicyclic) bond motifs is 3. The van der Waals surface area contributed by atoms with Crippen molar-refractivity contribution in [3.05, 3.63) is 52.8 Å². The van der Waals surface area contributed by atoms with E-state index in [0.29, 0.717) is 22.9 Å². The molecule has 0 N–H and O–H groups in total. The highest BCUT2D eigenvalue weighted by Crippen LogP contribution is 2.32. The third kappa shape index (κ3) is 2.60. The number of nitrogens with zero attached hydrogens (tertiary/aromatic N) is 4. The Kier molecular flexibility index (Phi) is 3.84. The van der Waals surface area contributed by atoms with Crippen molar-refractivity contribution >= 4 is 23.3 Å². The van der Waals surface area contributed by atoms with Crippen molar-refractivity contribution in [2.45, 2.75) is 37.8 Å². The quantitative estimate of drug-likeness (QED) is 0.685. The standard InChI is InChI=1S/C18H18N4OS/c1-3-24-18-20-17-19-10-14-15(22(17)21-18)8-13(9-16(14)23)12-6-4-11(2)5-7-12/h4-7,10,13H,3,8-9H2,1-2H3. The summed E-state index contributed by atoms with van der Waals surface area (Å²) in [5, 5.41) is 5.26. The first-order chi connectivity index (χ1) is 11.7. The van der Waals surface area contributed by atoms with Crippen LogP contribution < -0.4 is 0 Å². The van der Waals surface area contributed by atoms with Gasteiger partial charge in [0.05, 0.1) is 11.3 Å². The van der Waals surface area contributed by atoms with Crippen LogP contribution in [0.2, 0.25) is 0 Å². The van der Waals surface area contributed by atoms with Gasteiger partial charge in [-0.25, -0.2) is 4.98 Å². The predicted octanol–water partition coefficient (Wildman–Crippen LogP) is 3.46. The molecule has 1 aliphatic carbocycles. The van der Waals surface area contributed by atoms with E-state index in [1.807, 2.05) is 0 Å². The first kappa shape index (κ1) is 15.3. The molecule has 1 aromatic carbocycles. The Hall–Kier alpha value is -2.21. The zero-order valence-corrected chi connectivity index (χ0v) is 14.5. The van der Waals surface area contributed by atoms with E-state index in [0.717, 1.165) is 17.9 Å². The smallest absolute Gasteiger partial charge is 0.253 e. The number of rotatable bonds is 3. The second kappa shape index (κ2) is 6.02. The third-order valence-corrected chi connectivity index (χ3v) is 5.16. The molecule has 1 unspecified atom stereocenters. The van der Waals surface area contributed by atoms with Crippen LogP contribution in [0.15, 0.2) is 35.6 Å². The lowest BCUT2D eigenvalue weighted by Crippen LogP contribution is -2.22. The summed E-state index contributed by atoms with van der Waals surface area (Å²) in [4.78, 5) is 21.4. The molecule has 1 atom stereocenters. The number of hydrogen-bond donors (Lipinski definition) is 0. The molecular weight excluding hydrogens is 320 g/mol. The largest absolute Gasteiger partial charge is 0.294 e. The van der Waals surface area contributed by atoms with Crippen LogP contribution in [0, 0.1) is 6.92 Å². The second-order valence-corrected chi connectivity index (χ2v) is 7.33. The van der Waals surface area contributed by atoms with Crippen LogP contribution in [0.25, 0.3) is 5.78 Å². The average Bonchev–Trinajstić information content (AvgIpc) is 2.99. The highest BCUT2D eigenvalue weighted by molar-refractivity contribution is 7.99. The Morgan fingerprint density at radius 3 is 2.79 bits per heavy atom. The number of thioether (sulfide) groups is 1. The molecule has 6 heteroatoms. The van der Waals surface area contributed by atoms with Crippen LogP contribution in [0.4, 0.5) is 0 Å². The van der Waals surface area contributed by atoms with E-state index in [1.54, 1.807) is 22.5 Å². The van der Waals surface area contributed by atoms with Gasteiger partial charge in [-0.15, -0.1) is 5.10 Å². The van der Waals surface area contributed by atoms with Crippen molar-refractivity contribution in [3.63, 3.8) is 0 Å². The van der Waals surface area contributed by atoms with Gasteiger partial charge < -0.3 is 0 Å². The molecule has 0 fully saturated rings. The minimum Gasteiger partial charge on any atom is -0.294 e. The van der Waals surface area contributed by atoms with E-state index >= 15 is 0 Å². The van der Waals surface area contributed by atoms with Gasteiger partial charge in [0.15, 0.2) is 5.78 Å². The van der Waals surface area contributed by atoms with Gasteiger partial charge in [-0.1, -0.05) is 48.5 Å². The van der Waals surface area contributed by atoms with Crippen LogP contribution in [-0.2, 0) is 6.42 Å². The fourth-order valence-corrected chi connectivity index (χ4v) is 3.74. The molecule has 0 amide bonds. The zero-order chi connectivity index (χ0) is 16.7. The van der Waals surface area contributed by atoms with Crippen LogP contribution >= 0.6 is 11.8 Å². The van der Waals surface area contributed by atoms with Crippen molar-refractivity contribution in [2.24, 2.45) is 0 Å². The van der Waals surface area contributed by atoms with Crippen molar-refractivity contribution < 1.29 is 4.79 Å². The van der Waals surface area contributed by atoms with Crippen molar-refractivity contribution in [1.29, 1.82) is 0 Å². The molecule has 0 radical (unpaired) electrons. The summed E-state index contributed by atoms with van der Waals surface area (Å²) in [7, 11) is 0. The molecule has 0 bridgehead atoms. The molecule has 0 spiro atoms. The van der Waals surface area contributed by atoms with E-state index in [-0.39, 0.29) is 11.7 Å². The van der Waals surface area contributed by atoms with Crippen LogP contribution in [0.3, 0.4) is 0 Å². The minimum absolute atomic E-state index is 0.136. The van der Waals surface area contributed by atoms with Gasteiger partial charge >= 0.3 is 0 Å². The summed E-state index contributed by atoms with van der Waals surface area (Å²) in [6, 6.07) is 8.44. The van der Waals surface area contributed by atoms with Gasteiger partial charge in [-0.2, -0.15) is 9.50 Å². The van der Waals surface area contributed by atoms with Gasteiger partial charge in [0.2, 0.25) is 5.16 Å². The minimum atomic E-state index is 0.136. The Balaban J connectivity index is 1.78. The highest BCUT2D eigenvalue weighted by atomic mass is 32.2. The Labute approximate surface area is 144 Å². The number of Topliss-reactive ketones (excluding diaryl/α,β-unsaturated/α-hetero) is 1. The number of ketones is 1. The number of aromatic nitrogens is 4. The van der Waals surface area contributed by atoms with Crippen LogP contribution in [-0.4, -0.2) is 31.1 Å². The average molecular weight is 338 g/mol. The summed E-state index contributed by atoms with van der Waals surface area (Å²) in [6.45, 7) is 4.14. The molecule has 2 aromatic heterocycles. The number of hydrogen-bond acceptors (Lipinski definition) is 5. The molecule has 2 heterocycles. The third-order valence-electron chi connectivity index (χ3n) is 4.44. The molecular formula is C18H18N4OS. The Morgan fingerprint density at radius 2 is 2.04 bits per heavy atom. The van der Waals surface area contributed by atoms with Crippen LogP contribution in [0.5, 0.6) is 0 Å². The van der Waals surface area contributed by atoms with Crippen molar-refractivity contribution in [3.8, 4) is 0 Å². The first-order valence-corrected chi connectivity index (χ1v) is 9.11. The summed E-state index contributed by atoms with van der Waals surface area (Å²) in [5.41, 5.74) is 4.04. The number of benzene rings is 1. The van der Waals surface area contributed by atoms with E-state index < -0.39 is 0 Å². The lowest BCUT2D eigenvalue weighted by molar-refractivity contribution is 0.0962. The zero-order valence-electron chi connectivity index (χ0n) is 13.7. The monoisotopic (exact) mass is 338 g/mol. The maximum Gasteiger partial charge on any atom is 0.253 e. The topological polar surface area (TPSA) is 60.1 Å². The highest BCUT2D eigenvalue weighted by Gasteiger charge is 2.29. The fourth-order valence-electron chi connectivity index (χ4n) is 3.19. The first-order valence-electron chi connectivity index (χ1n) is 8.13. The molecule has 1 aliphatic rings. The molecule has 122 valence electrons. The second-order valence-electron chi connectivity index (χ2n) is 6.10.